The summed E-state index contributed by atoms with van der Waals surface area (Å²) in [4.78, 5) is 40.6. The van der Waals surface area contributed by atoms with Crippen molar-refractivity contribution >= 4 is 46.9 Å². The third kappa shape index (κ3) is 5.73. The van der Waals surface area contributed by atoms with Crippen molar-refractivity contribution in [1.29, 1.82) is 0 Å². The highest BCUT2D eigenvalue weighted by Gasteiger charge is 2.17. The molecule has 0 fully saturated rings. The van der Waals surface area contributed by atoms with Crippen molar-refractivity contribution < 1.29 is 14.4 Å². The van der Waals surface area contributed by atoms with Crippen LogP contribution in [0, 0.1) is 0 Å². The van der Waals surface area contributed by atoms with Crippen molar-refractivity contribution in [3.63, 3.8) is 0 Å². The molecule has 0 aliphatic heterocycles. The van der Waals surface area contributed by atoms with Crippen LogP contribution in [0.25, 0.3) is 0 Å². The fourth-order valence-corrected chi connectivity index (χ4v) is 2.50. The summed E-state index contributed by atoms with van der Waals surface area (Å²) >= 11 is 5.84. The Kier molecular flexibility index (Phi) is 6.86. The van der Waals surface area contributed by atoms with E-state index < -0.39 is 17.7 Å². The number of nitrogens with zero attached hydrogens (tertiary/aromatic N) is 2. The number of nitrogens with one attached hydrogen (secondary N) is 3. The van der Waals surface area contributed by atoms with E-state index in [4.69, 9.17) is 11.6 Å². The summed E-state index contributed by atoms with van der Waals surface area (Å²) in [5.41, 5.74) is 3.68. The topological polar surface area (TPSA) is 113 Å². The number of hydrogen-bond donors (Lipinski definition) is 3. The first kappa shape index (κ1) is 20.7. The van der Waals surface area contributed by atoms with Gasteiger partial charge in [0.1, 0.15) is 0 Å². The summed E-state index contributed by atoms with van der Waals surface area (Å²) in [5.74, 6) is -2.41. The maximum absolute atomic E-state index is 12.6. The van der Waals surface area contributed by atoms with E-state index in [2.05, 4.69) is 26.1 Å². The Bertz CT molecular complexity index is 1090. The van der Waals surface area contributed by atoms with Crippen molar-refractivity contribution in [2.75, 3.05) is 10.6 Å². The molecule has 9 heteroatoms. The highest BCUT2D eigenvalue weighted by Crippen LogP contribution is 2.19. The SMILES string of the molecule is O=C(NN=Cc1cccnc1)C(=O)Nc1ccccc1C(=O)Nc1ccc(Cl)cc1. The van der Waals surface area contributed by atoms with Crippen molar-refractivity contribution in [3.8, 4) is 0 Å². The number of para-hydroxylation sites is 1. The number of aromatic nitrogens is 1. The molecule has 0 radical (unpaired) electrons. The molecule has 3 N–H and O–H groups in total. The standard InChI is InChI=1S/C21H16ClN5O3/c22-15-7-9-16(10-8-15)25-19(28)17-5-1-2-6-18(17)26-20(29)21(30)27-24-13-14-4-3-11-23-12-14/h1-13H,(H,25,28)(H,26,29)(H,27,30). The fourth-order valence-electron chi connectivity index (χ4n) is 2.37. The van der Waals surface area contributed by atoms with Crippen LogP contribution in [0.1, 0.15) is 15.9 Å². The lowest BCUT2D eigenvalue weighted by Gasteiger charge is -2.11. The molecule has 3 amide bonds. The summed E-state index contributed by atoms with van der Waals surface area (Å²) in [6, 6.07) is 16.3. The Hall–Kier alpha value is -4.04. The molecule has 0 aliphatic rings. The van der Waals surface area contributed by atoms with Crippen LogP contribution in [-0.4, -0.2) is 28.9 Å². The summed E-state index contributed by atoms with van der Waals surface area (Å²) in [7, 11) is 0. The lowest BCUT2D eigenvalue weighted by atomic mass is 10.1. The van der Waals surface area contributed by atoms with E-state index >= 15 is 0 Å². The Balaban J connectivity index is 1.64. The number of carbonyl (C=O) groups excluding carboxylic acids is 3. The molecule has 3 aromatic rings. The third-order valence-corrected chi connectivity index (χ3v) is 4.04. The summed E-state index contributed by atoms with van der Waals surface area (Å²) < 4.78 is 0. The first-order valence-corrected chi connectivity index (χ1v) is 9.11. The van der Waals surface area contributed by atoms with Gasteiger partial charge in [0.05, 0.1) is 17.5 Å². The number of carbonyl (C=O) groups is 3. The summed E-state index contributed by atoms with van der Waals surface area (Å²) in [6.07, 6.45) is 4.50. The van der Waals surface area contributed by atoms with Gasteiger partial charge in [-0.25, -0.2) is 5.43 Å². The lowest BCUT2D eigenvalue weighted by molar-refractivity contribution is -0.136. The largest absolute Gasteiger partial charge is 0.329 e. The predicted octanol–water partition coefficient (Wildman–Crippen LogP) is 3.08. The molecule has 0 aliphatic carbocycles. The maximum atomic E-state index is 12.6. The highest BCUT2D eigenvalue weighted by molar-refractivity contribution is 6.40. The third-order valence-electron chi connectivity index (χ3n) is 3.79. The summed E-state index contributed by atoms with van der Waals surface area (Å²) in [6.45, 7) is 0. The number of amides is 3. The maximum Gasteiger partial charge on any atom is 0.329 e. The van der Waals surface area contributed by atoms with E-state index in [-0.39, 0.29) is 11.3 Å². The normalized spacial score (nSPS) is 10.4. The minimum Gasteiger partial charge on any atom is -0.322 e. The molecule has 3 rings (SSSR count). The Labute approximate surface area is 177 Å². The zero-order valence-corrected chi connectivity index (χ0v) is 16.3. The van der Waals surface area contributed by atoms with Crippen LogP contribution in [0.15, 0.2) is 78.2 Å². The molecule has 0 saturated heterocycles. The number of anilines is 2. The van der Waals surface area contributed by atoms with Gasteiger partial charge in [-0.3, -0.25) is 19.4 Å². The second kappa shape index (κ2) is 9.94. The van der Waals surface area contributed by atoms with Crippen molar-refractivity contribution in [2.24, 2.45) is 5.10 Å². The lowest BCUT2D eigenvalue weighted by Crippen LogP contribution is -2.33. The van der Waals surface area contributed by atoms with Crippen molar-refractivity contribution in [2.45, 2.75) is 0 Å². The van der Waals surface area contributed by atoms with Gasteiger partial charge in [-0.05, 0) is 42.5 Å². The van der Waals surface area contributed by atoms with Crippen LogP contribution in [0.3, 0.4) is 0 Å². The molecular formula is C21H16ClN5O3. The molecular weight excluding hydrogens is 406 g/mol. The number of halogens is 1. The molecule has 0 atom stereocenters. The average molecular weight is 422 g/mol. The second-order valence-corrected chi connectivity index (χ2v) is 6.38. The van der Waals surface area contributed by atoms with Gasteiger partial charge in [0, 0.05) is 28.7 Å². The average Bonchev–Trinajstić information content (AvgIpc) is 2.76. The minimum atomic E-state index is -0.983. The molecule has 150 valence electrons. The van der Waals surface area contributed by atoms with E-state index in [1.54, 1.807) is 60.9 Å². The molecule has 0 unspecified atom stereocenters. The van der Waals surface area contributed by atoms with Gasteiger partial charge >= 0.3 is 11.8 Å². The zero-order chi connectivity index (χ0) is 21.3. The number of rotatable bonds is 5. The van der Waals surface area contributed by atoms with E-state index in [0.717, 1.165) is 0 Å². The van der Waals surface area contributed by atoms with Gasteiger partial charge in [0.2, 0.25) is 0 Å². The quantitative estimate of drug-likeness (QED) is 0.334. The van der Waals surface area contributed by atoms with E-state index in [0.29, 0.717) is 16.3 Å². The first-order valence-electron chi connectivity index (χ1n) is 8.73. The summed E-state index contributed by atoms with van der Waals surface area (Å²) in [5, 5.41) is 9.37. The molecule has 1 aromatic heterocycles. The zero-order valence-electron chi connectivity index (χ0n) is 15.5. The monoisotopic (exact) mass is 421 g/mol. The van der Waals surface area contributed by atoms with Gasteiger partial charge < -0.3 is 10.6 Å². The number of pyridine rings is 1. The smallest absolute Gasteiger partial charge is 0.322 e. The van der Waals surface area contributed by atoms with Gasteiger partial charge in [-0.15, -0.1) is 0 Å². The molecule has 1 heterocycles. The Morgan fingerprint density at radius 1 is 0.900 bits per heavy atom. The predicted molar refractivity (Wildman–Crippen MR) is 114 cm³/mol. The molecule has 0 saturated carbocycles. The Morgan fingerprint density at radius 2 is 1.67 bits per heavy atom. The number of hydrazone groups is 1. The van der Waals surface area contributed by atoms with Crippen LogP contribution < -0.4 is 16.1 Å². The fraction of sp³-hybridized carbons (Fsp3) is 0. The van der Waals surface area contributed by atoms with Crippen LogP contribution in [0.5, 0.6) is 0 Å². The van der Waals surface area contributed by atoms with Crippen LogP contribution in [-0.2, 0) is 9.59 Å². The van der Waals surface area contributed by atoms with Crippen LogP contribution >= 0.6 is 11.6 Å². The van der Waals surface area contributed by atoms with E-state index in [1.807, 2.05) is 0 Å². The van der Waals surface area contributed by atoms with Crippen LogP contribution in [0.4, 0.5) is 11.4 Å². The van der Waals surface area contributed by atoms with Gasteiger partial charge in [-0.1, -0.05) is 29.8 Å². The second-order valence-electron chi connectivity index (χ2n) is 5.95. The molecule has 0 spiro atoms. The van der Waals surface area contributed by atoms with E-state index in [9.17, 15) is 14.4 Å². The molecule has 30 heavy (non-hydrogen) atoms. The molecule has 0 bridgehead atoms. The van der Waals surface area contributed by atoms with Gasteiger partial charge in [0.15, 0.2) is 0 Å². The number of benzene rings is 2. The van der Waals surface area contributed by atoms with Crippen molar-refractivity contribution in [3.05, 3.63) is 89.2 Å². The minimum absolute atomic E-state index is 0.181. The van der Waals surface area contributed by atoms with E-state index in [1.165, 1.54) is 18.3 Å². The van der Waals surface area contributed by atoms with Crippen molar-refractivity contribution in [1.82, 2.24) is 10.4 Å². The number of hydrogen-bond acceptors (Lipinski definition) is 5. The van der Waals surface area contributed by atoms with Crippen LogP contribution in [0.2, 0.25) is 5.02 Å². The van der Waals surface area contributed by atoms with Gasteiger partial charge in [0.25, 0.3) is 5.91 Å². The molecule has 2 aromatic carbocycles. The Morgan fingerprint density at radius 3 is 2.40 bits per heavy atom. The highest BCUT2D eigenvalue weighted by atomic mass is 35.5. The molecule has 8 nitrogen and oxygen atoms in total. The first-order chi connectivity index (χ1) is 14.5. The van der Waals surface area contributed by atoms with Gasteiger partial charge in [-0.2, -0.15) is 5.10 Å².